The second kappa shape index (κ2) is 6.82. The number of ether oxygens (including phenoxy) is 2. The van der Waals surface area contributed by atoms with Crippen molar-refractivity contribution in [2.45, 2.75) is 26.8 Å². The van der Waals surface area contributed by atoms with E-state index < -0.39 is 0 Å². The predicted octanol–water partition coefficient (Wildman–Crippen LogP) is 2.40. The monoisotopic (exact) mass is 331 g/mol. The Balaban J connectivity index is 1.48. The average molecular weight is 331 g/mol. The highest BCUT2D eigenvalue weighted by atomic mass is 16.7. The Morgan fingerprint density at radius 1 is 1.29 bits per heavy atom. The van der Waals surface area contributed by atoms with E-state index in [9.17, 15) is 4.79 Å². The van der Waals surface area contributed by atoms with Crippen LogP contribution < -0.4 is 14.8 Å². The van der Waals surface area contributed by atoms with Crippen molar-refractivity contribution in [3.63, 3.8) is 0 Å². The number of hydrogen-bond acceptors (Lipinski definition) is 5. The molecule has 1 N–H and O–H groups in total. The van der Waals surface area contributed by atoms with Gasteiger partial charge < -0.3 is 24.2 Å². The average Bonchev–Trinajstić information content (AvgIpc) is 3.15. The Hall–Kier alpha value is -2.70. The lowest BCUT2D eigenvalue weighted by Gasteiger charge is -2.17. The molecule has 0 unspecified atom stereocenters. The van der Waals surface area contributed by atoms with Crippen molar-refractivity contribution in [3.8, 4) is 11.5 Å². The molecule has 1 aliphatic heterocycles. The van der Waals surface area contributed by atoms with Gasteiger partial charge >= 0.3 is 6.03 Å². The van der Waals surface area contributed by atoms with Gasteiger partial charge in [-0.25, -0.2) is 4.79 Å². The topological polar surface area (TPSA) is 76.8 Å². The number of rotatable bonds is 5. The van der Waals surface area contributed by atoms with Crippen LogP contribution in [-0.4, -0.2) is 36.5 Å². The van der Waals surface area contributed by atoms with Crippen molar-refractivity contribution in [3.05, 3.63) is 40.8 Å². The molecule has 1 aliphatic rings. The summed E-state index contributed by atoms with van der Waals surface area (Å²) in [6.07, 6.45) is 0.724. The van der Waals surface area contributed by atoms with E-state index in [0.717, 1.165) is 40.5 Å². The molecule has 0 spiro atoms. The lowest BCUT2D eigenvalue weighted by molar-refractivity contribution is 0.174. The summed E-state index contributed by atoms with van der Waals surface area (Å²) in [5.74, 6) is 2.27. The fraction of sp³-hybridized carbons (Fsp3) is 0.412. The third-order valence-corrected chi connectivity index (χ3v) is 4.05. The van der Waals surface area contributed by atoms with Crippen molar-refractivity contribution in [2.75, 3.05) is 20.4 Å². The SMILES string of the molecule is Cc1noc(C)c1CN(C)C(=O)NCCc1ccc2c(c1)OCO2. The van der Waals surface area contributed by atoms with Gasteiger partial charge in [-0.15, -0.1) is 0 Å². The lowest BCUT2D eigenvalue weighted by Crippen LogP contribution is -2.37. The zero-order valence-corrected chi connectivity index (χ0v) is 14.1. The molecule has 0 saturated heterocycles. The molecular weight excluding hydrogens is 310 g/mol. The minimum Gasteiger partial charge on any atom is -0.454 e. The van der Waals surface area contributed by atoms with E-state index in [0.29, 0.717) is 13.1 Å². The molecule has 2 amide bonds. The first kappa shape index (κ1) is 16.2. The van der Waals surface area contributed by atoms with Gasteiger partial charge in [0.25, 0.3) is 0 Å². The Morgan fingerprint density at radius 2 is 2.08 bits per heavy atom. The van der Waals surface area contributed by atoms with Crippen LogP contribution in [-0.2, 0) is 13.0 Å². The van der Waals surface area contributed by atoms with Crippen LogP contribution in [0.4, 0.5) is 4.79 Å². The van der Waals surface area contributed by atoms with Crippen LogP contribution >= 0.6 is 0 Å². The summed E-state index contributed by atoms with van der Waals surface area (Å²) in [6.45, 7) is 5.00. The zero-order chi connectivity index (χ0) is 17.1. The fourth-order valence-electron chi connectivity index (χ4n) is 2.58. The van der Waals surface area contributed by atoms with E-state index in [4.69, 9.17) is 14.0 Å². The summed E-state index contributed by atoms with van der Waals surface area (Å²) in [7, 11) is 1.75. The number of nitrogens with one attached hydrogen (secondary N) is 1. The van der Waals surface area contributed by atoms with Gasteiger partial charge in [-0.05, 0) is 38.0 Å². The number of hydrogen-bond donors (Lipinski definition) is 1. The summed E-state index contributed by atoms with van der Waals surface area (Å²) in [5.41, 5.74) is 2.85. The van der Waals surface area contributed by atoms with Crippen molar-refractivity contribution < 1.29 is 18.8 Å². The van der Waals surface area contributed by atoms with Gasteiger partial charge in [-0.1, -0.05) is 11.2 Å². The molecule has 0 fully saturated rings. The quantitative estimate of drug-likeness (QED) is 0.910. The predicted molar refractivity (Wildman–Crippen MR) is 87.1 cm³/mol. The number of benzene rings is 1. The van der Waals surface area contributed by atoms with Crippen molar-refractivity contribution in [2.24, 2.45) is 0 Å². The smallest absolute Gasteiger partial charge is 0.317 e. The molecule has 0 radical (unpaired) electrons. The van der Waals surface area contributed by atoms with Crippen LogP contribution in [0.3, 0.4) is 0 Å². The van der Waals surface area contributed by atoms with Crippen LogP contribution in [0, 0.1) is 13.8 Å². The number of carbonyl (C=O) groups is 1. The molecule has 3 rings (SSSR count). The number of amides is 2. The van der Waals surface area contributed by atoms with Crippen molar-refractivity contribution in [1.29, 1.82) is 0 Å². The molecule has 1 aromatic heterocycles. The third kappa shape index (κ3) is 3.45. The van der Waals surface area contributed by atoms with Crippen LogP contribution in [0.25, 0.3) is 0 Å². The maximum absolute atomic E-state index is 12.2. The Kier molecular flexibility index (Phi) is 4.59. The summed E-state index contributed by atoms with van der Waals surface area (Å²) in [6, 6.07) is 5.69. The lowest BCUT2D eigenvalue weighted by atomic mass is 10.1. The van der Waals surface area contributed by atoms with Crippen molar-refractivity contribution in [1.82, 2.24) is 15.4 Å². The molecule has 7 nitrogen and oxygen atoms in total. The summed E-state index contributed by atoms with van der Waals surface area (Å²) >= 11 is 0. The van der Waals surface area contributed by atoms with Gasteiger partial charge in [0.1, 0.15) is 5.76 Å². The van der Waals surface area contributed by atoms with E-state index in [1.54, 1.807) is 11.9 Å². The van der Waals surface area contributed by atoms with Crippen LogP contribution in [0.5, 0.6) is 11.5 Å². The third-order valence-electron chi connectivity index (χ3n) is 4.05. The molecule has 7 heteroatoms. The highest BCUT2D eigenvalue weighted by Crippen LogP contribution is 2.32. The number of nitrogens with zero attached hydrogens (tertiary/aromatic N) is 2. The number of carbonyl (C=O) groups excluding carboxylic acids is 1. The molecule has 0 aliphatic carbocycles. The van der Waals surface area contributed by atoms with Crippen LogP contribution in [0.2, 0.25) is 0 Å². The van der Waals surface area contributed by atoms with Gasteiger partial charge in [-0.3, -0.25) is 0 Å². The van der Waals surface area contributed by atoms with Gasteiger partial charge in [0, 0.05) is 19.2 Å². The normalized spacial score (nSPS) is 12.3. The van der Waals surface area contributed by atoms with E-state index in [1.165, 1.54) is 0 Å². The molecule has 0 atom stereocenters. The highest BCUT2D eigenvalue weighted by molar-refractivity contribution is 5.73. The van der Waals surface area contributed by atoms with Gasteiger partial charge in [0.15, 0.2) is 11.5 Å². The fourth-order valence-corrected chi connectivity index (χ4v) is 2.58. The van der Waals surface area contributed by atoms with Gasteiger partial charge in [0.2, 0.25) is 6.79 Å². The van der Waals surface area contributed by atoms with E-state index in [2.05, 4.69) is 10.5 Å². The largest absolute Gasteiger partial charge is 0.454 e. The number of aromatic nitrogens is 1. The Morgan fingerprint density at radius 3 is 2.83 bits per heavy atom. The van der Waals surface area contributed by atoms with E-state index >= 15 is 0 Å². The Bertz CT molecular complexity index is 722. The standard InChI is InChI=1S/C17H21N3O4/c1-11-14(12(2)24-19-11)9-20(3)17(21)18-7-6-13-4-5-15-16(8-13)23-10-22-15/h4-5,8H,6-7,9-10H2,1-3H3,(H,18,21). The maximum Gasteiger partial charge on any atom is 0.317 e. The number of fused-ring (bicyclic) bond motifs is 1. The van der Waals surface area contributed by atoms with Crippen molar-refractivity contribution >= 4 is 6.03 Å². The van der Waals surface area contributed by atoms with Crippen LogP contribution in [0.1, 0.15) is 22.6 Å². The highest BCUT2D eigenvalue weighted by Gasteiger charge is 2.16. The van der Waals surface area contributed by atoms with Crippen LogP contribution in [0.15, 0.2) is 22.7 Å². The molecule has 0 bridgehead atoms. The summed E-state index contributed by atoms with van der Waals surface area (Å²) in [5, 5.41) is 6.82. The molecular formula is C17H21N3O4. The number of urea groups is 1. The van der Waals surface area contributed by atoms with Gasteiger partial charge in [0.05, 0.1) is 12.2 Å². The molecule has 24 heavy (non-hydrogen) atoms. The van der Waals surface area contributed by atoms with Gasteiger partial charge in [-0.2, -0.15) is 0 Å². The Labute approximate surface area is 140 Å². The molecule has 0 saturated carbocycles. The molecule has 128 valence electrons. The minimum absolute atomic E-state index is 0.129. The number of aryl methyl sites for hydroxylation is 2. The maximum atomic E-state index is 12.2. The van der Waals surface area contributed by atoms with E-state index in [-0.39, 0.29) is 12.8 Å². The second-order valence-corrected chi connectivity index (χ2v) is 5.83. The second-order valence-electron chi connectivity index (χ2n) is 5.83. The zero-order valence-electron chi connectivity index (χ0n) is 14.1. The first-order chi connectivity index (χ1) is 11.5. The first-order valence-corrected chi connectivity index (χ1v) is 7.84. The van der Waals surface area contributed by atoms with E-state index in [1.807, 2.05) is 32.0 Å². The summed E-state index contributed by atoms with van der Waals surface area (Å²) < 4.78 is 15.8. The minimum atomic E-state index is -0.129. The molecule has 2 aromatic rings. The molecule has 1 aromatic carbocycles. The molecule has 2 heterocycles. The first-order valence-electron chi connectivity index (χ1n) is 7.84. The summed E-state index contributed by atoms with van der Waals surface area (Å²) in [4.78, 5) is 13.8.